The molecule has 19 heavy (non-hydrogen) atoms. The Balaban J connectivity index is 1.70. The van der Waals surface area contributed by atoms with Crippen molar-refractivity contribution in [2.24, 2.45) is 0 Å². The highest BCUT2D eigenvalue weighted by molar-refractivity contribution is 7.91. The molecule has 1 aromatic heterocycles. The van der Waals surface area contributed by atoms with Crippen molar-refractivity contribution in [2.45, 2.75) is 12.5 Å². The molecule has 2 aromatic rings. The first kappa shape index (κ1) is 12.2. The van der Waals surface area contributed by atoms with Gasteiger partial charge in [-0.3, -0.25) is 0 Å². The molecule has 0 aliphatic carbocycles. The third-order valence-electron chi connectivity index (χ3n) is 3.24. The molecule has 1 aliphatic rings. The van der Waals surface area contributed by atoms with E-state index < -0.39 is 9.84 Å². The van der Waals surface area contributed by atoms with Crippen molar-refractivity contribution < 1.29 is 8.42 Å². The molecule has 5 nitrogen and oxygen atoms in total. The number of anilines is 1. The molecule has 1 saturated heterocycles. The number of aromatic nitrogens is 2. The summed E-state index contributed by atoms with van der Waals surface area (Å²) >= 11 is 0. The highest BCUT2D eigenvalue weighted by Crippen LogP contribution is 2.18. The van der Waals surface area contributed by atoms with Gasteiger partial charge in [-0.25, -0.2) is 13.1 Å². The van der Waals surface area contributed by atoms with Gasteiger partial charge in [0.05, 0.1) is 17.2 Å². The van der Waals surface area contributed by atoms with Crippen molar-refractivity contribution in [1.29, 1.82) is 0 Å². The van der Waals surface area contributed by atoms with E-state index in [4.69, 9.17) is 0 Å². The van der Waals surface area contributed by atoms with Crippen LogP contribution in [0.15, 0.2) is 42.7 Å². The molecule has 1 N–H and O–H groups in total. The lowest BCUT2D eigenvalue weighted by Gasteiger charge is -2.12. The third kappa shape index (κ3) is 2.78. The molecule has 3 rings (SSSR count). The normalized spacial score (nSPS) is 21.4. The Bertz CT molecular complexity index is 648. The van der Waals surface area contributed by atoms with Gasteiger partial charge in [-0.2, -0.15) is 5.10 Å². The number of nitrogens with zero attached hydrogens (tertiary/aromatic N) is 2. The first-order chi connectivity index (χ1) is 9.12. The van der Waals surface area contributed by atoms with Crippen LogP contribution < -0.4 is 5.32 Å². The molecule has 100 valence electrons. The molecule has 1 unspecified atom stereocenters. The van der Waals surface area contributed by atoms with Gasteiger partial charge in [0.1, 0.15) is 0 Å². The summed E-state index contributed by atoms with van der Waals surface area (Å²) in [5.74, 6) is 0.518. The van der Waals surface area contributed by atoms with Crippen LogP contribution in [-0.4, -0.2) is 35.7 Å². The van der Waals surface area contributed by atoms with E-state index in [1.165, 1.54) is 0 Å². The summed E-state index contributed by atoms with van der Waals surface area (Å²) in [5.41, 5.74) is 1.92. The zero-order chi connectivity index (χ0) is 13.3. The summed E-state index contributed by atoms with van der Waals surface area (Å²) in [4.78, 5) is 0. The van der Waals surface area contributed by atoms with Gasteiger partial charge in [0.25, 0.3) is 0 Å². The highest BCUT2D eigenvalue weighted by Gasteiger charge is 2.27. The maximum Gasteiger partial charge on any atom is 0.152 e. The van der Waals surface area contributed by atoms with Crippen LogP contribution in [0.2, 0.25) is 0 Å². The molecule has 0 radical (unpaired) electrons. The Morgan fingerprint density at radius 3 is 2.63 bits per heavy atom. The second-order valence-corrected chi connectivity index (χ2v) is 6.97. The standard InChI is InChI=1S/C13H15N3O2S/c17-19(18)9-6-12(10-19)15-11-2-4-13(5-3-11)16-8-1-7-14-16/h1-5,7-8,12,15H,6,9-10H2. The minimum atomic E-state index is -2.84. The number of benzene rings is 1. The lowest BCUT2D eigenvalue weighted by atomic mass is 10.2. The van der Waals surface area contributed by atoms with E-state index >= 15 is 0 Å². The summed E-state index contributed by atoms with van der Waals surface area (Å²) in [7, 11) is -2.84. The molecule has 0 spiro atoms. The Kier molecular flexibility index (Phi) is 3.02. The molecule has 1 fully saturated rings. The Hall–Kier alpha value is -1.82. The smallest absolute Gasteiger partial charge is 0.152 e. The monoisotopic (exact) mass is 277 g/mol. The molecular formula is C13H15N3O2S. The van der Waals surface area contributed by atoms with Gasteiger partial charge in [0.2, 0.25) is 0 Å². The van der Waals surface area contributed by atoms with Crippen molar-refractivity contribution in [2.75, 3.05) is 16.8 Å². The zero-order valence-corrected chi connectivity index (χ0v) is 11.2. The SMILES string of the molecule is O=S1(=O)CCC(Nc2ccc(-n3cccn3)cc2)C1. The van der Waals surface area contributed by atoms with E-state index in [-0.39, 0.29) is 17.5 Å². The summed E-state index contributed by atoms with van der Waals surface area (Å²) in [6, 6.07) is 9.71. The Labute approximate surface area is 112 Å². The molecule has 6 heteroatoms. The fourth-order valence-electron chi connectivity index (χ4n) is 2.28. The number of hydrogen-bond acceptors (Lipinski definition) is 4. The van der Waals surface area contributed by atoms with Gasteiger partial charge in [-0.1, -0.05) is 0 Å². The first-order valence-electron chi connectivity index (χ1n) is 6.19. The van der Waals surface area contributed by atoms with E-state index in [1.54, 1.807) is 10.9 Å². The van der Waals surface area contributed by atoms with Crippen molar-refractivity contribution >= 4 is 15.5 Å². The van der Waals surface area contributed by atoms with Crippen LogP contribution in [0.25, 0.3) is 5.69 Å². The summed E-state index contributed by atoms with van der Waals surface area (Å²) < 4.78 is 24.6. The van der Waals surface area contributed by atoms with Gasteiger partial charge in [0.15, 0.2) is 9.84 Å². The minimum absolute atomic E-state index is 0.0283. The van der Waals surface area contributed by atoms with Crippen LogP contribution in [-0.2, 0) is 9.84 Å². The Morgan fingerprint density at radius 1 is 1.26 bits per heavy atom. The van der Waals surface area contributed by atoms with Crippen LogP contribution in [0.3, 0.4) is 0 Å². The average molecular weight is 277 g/mol. The third-order valence-corrected chi connectivity index (χ3v) is 5.01. The first-order valence-corrected chi connectivity index (χ1v) is 8.02. The minimum Gasteiger partial charge on any atom is -0.381 e. The molecule has 2 heterocycles. The molecule has 1 aromatic carbocycles. The summed E-state index contributed by atoms with van der Waals surface area (Å²) in [6.07, 6.45) is 4.30. The van der Waals surface area contributed by atoms with Gasteiger partial charge in [-0.05, 0) is 36.8 Å². The molecular weight excluding hydrogens is 262 g/mol. The average Bonchev–Trinajstić information content (AvgIpc) is 3.00. The summed E-state index contributed by atoms with van der Waals surface area (Å²) in [5, 5.41) is 7.42. The molecule has 1 atom stereocenters. The molecule has 0 amide bonds. The fraction of sp³-hybridized carbons (Fsp3) is 0.308. The fourth-order valence-corrected chi connectivity index (χ4v) is 3.95. The lowest BCUT2D eigenvalue weighted by Crippen LogP contribution is -2.20. The second-order valence-electron chi connectivity index (χ2n) is 4.74. The van der Waals surface area contributed by atoms with Crippen molar-refractivity contribution in [3.8, 4) is 5.69 Å². The number of sulfone groups is 1. The van der Waals surface area contributed by atoms with Crippen LogP contribution in [0.5, 0.6) is 0 Å². The van der Waals surface area contributed by atoms with Gasteiger partial charge in [-0.15, -0.1) is 0 Å². The lowest BCUT2D eigenvalue weighted by molar-refractivity contribution is 0.602. The van der Waals surface area contributed by atoms with Crippen LogP contribution >= 0.6 is 0 Å². The van der Waals surface area contributed by atoms with Crippen molar-refractivity contribution in [3.63, 3.8) is 0 Å². The van der Waals surface area contributed by atoms with Crippen molar-refractivity contribution in [3.05, 3.63) is 42.7 Å². The number of hydrogen-bond donors (Lipinski definition) is 1. The molecule has 1 aliphatic heterocycles. The maximum atomic E-state index is 11.4. The van der Waals surface area contributed by atoms with E-state index in [1.807, 2.05) is 36.5 Å². The van der Waals surface area contributed by atoms with Crippen LogP contribution in [0.4, 0.5) is 5.69 Å². The number of nitrogens with one attached hydrogen (secondary N) is 1. The zero-order valence-electron chi connectivity index (χ0n) is 10.4. The van der Waals surface area contributed by atoms with Gasteiger partial charge in [0, 0.05) is 24.1 Å². The maximum absolute atomic E-state index is 11.4. The largest absolute Gasteiger partial charge is 0.381 e. The predicted octanol–water partition coefficient (Wildman–Crippen LogP) is 1.47. The van der Waals surface area contributed by atoms with Gasteiger partial charge < -0.3 is 5.32 Å². The van der Waals surface area contributed by atoms with E-state index in [2.05, 4.69) is 10.4 Å². The van der Waals surface area contributed by atoms with E-state index in [0.717, 1.165) is 11.4 Å². The number of rotatable bonds is 3. The highest BCUT2D eigenvalue weighted by atomic mass is 32.2. The quantitative estimate of drug-likeness (QED) is 0.923. The van der Waals surface area contributed by atoms with Crippen LogP contribution in [0.1, 0.15) is 6.42 Å². The molecule has 0 saturated carbocycles. The Morgan fingerprint density at radius 2 is 2.05 bits per heavy atom. The molecule has 0 bridgehead atoms. The topological polar surface area (TPSA) is 64.0 Å². The second kappa shape index (κ2) is 4.70. The predicted molar refractivity (Wildman–Crippen MR) is 74.2 cm³/mol. The van der Waals surface area contributed by atoms with E-state index in [9.17, 15) is 8.42 Å². The van der Waals surface area contributed by atoms with Gasteiger partial charge >= 0.3 is 0 Å². The summed E-state index contributed by atoms with van der Waals surface area (Å²) in [6.45, 7) is 0. The van der Waals surface area contributed by atoms with E-state index in [0.29, 0.717) is 6.42 Å². The van der Waals surface area contributed by atoms with Crippen molar-refractivity contribution in [1.82, 2.24) is 9.78 Å². The van der Waals surface area contributed by atoms with Crippen LogP contribution in [0, 0.1) is 0 Å².